The molecule has 0 radical (unpaired) electrons. The Bertz CT molecular complexity index is 1550. The second-order valence-corrected chi connectivity index (χ2v) is 12.0. The molecule has 2 heterocycles. The Morgan fingerprint density at radius 3 is 2.07 bits per heavy atom. The number of nitrogens with zero attached hydrogens (tertiary/aromatic N) is 1. The van der Waals surface area contributed by atoms with Gasteiger partial charge in [0.2, 0.25) is 5.91 Å². The molecular weight excluding hydrogens is 598 g/mol. The van der Waals surface area contributed by atoms with Crippen molar-refractivity contribution in [2.75, 3.05) is 6.54 Å². The van der Waals surface area contributed by atoms with Gasteiger partial charge in [0.1, 0.15) is 11.5 Å². The molecule has 1 saturated carbocycles. The van der Waals surface area contributed by atoms with E-state index in [1.165, 1.54) is 0 Å². The number of aliphatic carboxylic acids is 1. The van der Waals surface area contributed by atoms with Crippen LogP contribution in [0.4, 0.5) is 35.1 Å². The number of ether oxygens (including phenoxy) is 2. The van der Waals surface area contributed by atoms with Crippen LogP contribution in [0.2, 0.25) is 0 Å². The van der Waals surface area contributed by atoms with E-state index in [1.807, 2.05) is 0 Å². The van der Waals surface area contributed by atoms with Crippen molar-refractivity contribution in [2.45, 2.75) is 54.1 Å². The van der Waals surface area contributed by atoms with E-state index >= 15 is 0 Å². The molecule has 1 amide bonds. The van der Waals surface area contributed by atoms with Crippen LogP contribution in [0.3, 0.4) is 0 Å². The Kier molecular flexibility index (Phi) is 6.29. The molecule has 1 aliphatic carbocycles. The van der Waals surface area contributed by atoms with Crippen molar-refractivity contribution < 1.29 is 67.7 Å². The average molecular weight is 615 g/mol. The number of likely N-dealkylation sites (tertiary alicyclic amines) is 1. The molecule has 222 valence electrons. The van der Waals surface area contributed by atoms with E-state index < -0.39 is 99.1 Å². The Labute approximate surface area is 225 Å². The van der Waals surface area contributed by atoms with E-state index in [1.54, 1.807) is 0 Å². The zero-order chi connectivity index (χ0) is 30.3. The van der Waals surface area contributed by atoms with E-state index in [0.717, 1.165) is 24.3 Å². The van der Waals surface area contributed by atoms with E-state index in [0.29, 0.717) is 12.1 Å². The molecule has 1 saturated heterocycles. The van der Waals surface area contributed by atoms with Crippen molar-refractivity contribution in [3.05, 3.63) is 42.0 Å². The molecule has 2 atom stereocenters. The molecule has 0 unspecified atom stereocenters. The zero-order valence-electron chi connectivity index (χ0n) is 20.2. The Morgan fingerprint density at radius 1 is 0.927 bits per heavy atom. The number of hydrogen-bond acceptors (Lipinski definition) is 6. The van der Waals surface area contributed by atoms with Gasteiger partial charge in [-0.2, -0.15) is 26.3 Å². The Hall–Kier alpha value is -3.63. The first kappa shape index (κ1) is 28.9. The van der Waals surface area contributed by atoms with Crippen molar-refractivity contribution in [1.82, 2.24) is 4.90 Å². The van der Waals surface area contributed by atoms with Gasteiger partial charge in [0.15, 0.2) is 21.3 Å². The maximum Gasteiger partial charge on any atom is 0.586 e. The first-order chi connectivity index (χ1) is 18.8. The predicted octanol–water partition coefficient (Wildman–Crippen LogP) is 4.86. The van der Waals surface area contributed by atoms with Crippen LogP contribution in [0.25, 0.3) is 11.1 Å². The molecule has 8 nitrogen and oxygen atoms in total. The summed E-state index contributed by atoms with van der Waals surface area (Å²) in [4.78, 5) is 23.5. The Balaban J connectivity index is 1.50. The number of sulfone groups is 1. The van der Waals surface area contributed by atoms with Gasteiger partial charge in [-0.15, -0.1) is 8.78 Å². The first-order valence-electron chi connectivity index (χ1n) is 11.7. The molecule has 2 fully saturated rings. The van der Waals surface area contributed by atoms with Crippen molar-refractivity contribution in [2.24, 2.45) is 5.41 Å². The zero-order valence-corrected chi connectivity index (χ0v) is 21.0. The van der Waals surface area contributed by atoms with Gasteiger partial charge in [-0.25, -0.2) is 13.2 Å². The van der Waals surface area contributed by atoms with Crippen LogP contribution in [0.1, 0.15) is 24.8 Å². The van der Waals surface area contributed by atoms with E-state index in [9.17, 15) is 58.2 Å². The lowest BCUT2D eigenvalue weighted by atomic mass is 10.0. The third-order valence-electron chi connectivity index (χ3n) is 7.28. The maximum absolute atomic E-state index is 14.1. The normalized spacial score (nSPS) is 23.0. The lowest BCUT2D eigenvalue weighted by molar-refractivity contribution is -0.286. The fraction of sp³-hybridized carbons (Fsp3) is 0.417. The summed E-state index contributed by atoms with van der Waals surface area (Å²) in [7, 11) is -5.07. The van der Waals surface area contributed by atoms with Gasteiger partial charge in [-0.3, -0.25) is 4.79 Å². The second-order valence-electron chi connectivity index (χ2n) is 9.83. The van der Waals surface area contributed by atoms with Gasteiger partial charge in [-0.1, -0.05) is 12.1 Å². The van der Waals surface area contributed by atoms with Gasteiger partial charge in [0.05, 0.1) is 15.7 Å². The molecule has 2 aromatic carbocycles. The summed E-state index contributed by atoms with van der Waals surface area (Å²) < 4.78 is 145. The van der Waals surface area contributed by atoms with Crippen molar-refractivity contribution in [1.29, 1.82) is 0 Å². The molecule has 1 N–H and O–H groups in total. The molecule has 5 rings (SSSR count). The molecule has 0 spiro atoms. The maximum atomic E-state index is 14.1. The summed E-state index contributed by atoms with van der Waals surface area (Å²) >= 11 is 0. The molecule has 3 aliphatic rings. The fourth-order valence-electron chi connectivity index (χ4n) is 4.99. The Morgan fingerprint density at radius 2 is 1.51 bits per heavy atom. The summed E-state index contributed by atoms with van der Waals surface area (Å²) in [5.41, 5.74) is -4.90. The molecule has 2 aromatic rings. The van der Waals surface area contributed by atoms with Crippen LogP contribution in [-0.4, -0.2) is 60.6 Å². The van der Waals surface area contributed by atoms with Gasteiger partial charge >= 0.3 is 24.6 Å². The van der Waals surface area contributed by atoms with Crippen LogP contribution >= 0.6 is 0 Å². The smallest absolute Gasteiger partial charge is 0.480 e. The van der Waals surface area contributed by atoms with Crippen LogP contribution < -0.4 is 9.47 Å². The molecule has 17 heteroatoms. The lowest BCUT2D eigenvalue weighted by Gasteiger charge is -2.28. The van der Waals surface area contributed by atoms with Crippen molar-refractivity contribution in [3.63, 3.8) is 0 Å². The minimum absolute atomic E-state index is 0.0787. The molecule has 2 aliphatic heterocycles. The molecule has 0 aromatic heterocycles. The number of fused-ring (bicyclic) bond motifs is 1. The highest BCUT2D eigenvalue weighted by atomic mass is 32.2. The summed E-state index contributed by atoms with van der Waals surface area (Å²) in [6, 6.07) is 3.01. The molecule has 41 heavy (non-hydrogen) atoms. The van der Waals surface area contributed by atoms with Crippen LogP contribution in [0, 0.1) is 5.41 Å². The largest absolute Gasteiger partial charge is 0.586 e. The SMILES string of the molecule is O=C(O)[C@@H]1C[C@@H](S(=O)(=O)c2ccc(-c3ccc4c(c3)OC(F)(F)O4)cc2C(F)(F)F)CN1C(=O)C1(C(F)(F)F)CC1. The highest BCUT2D eigenvalue weighted by Gasteiger charge is 2.70. The van der Waals surface area contributed by atoms with E-state index in [-0.39, 0.29) is 21.8 Å². The van der Waals surface area contributed by atoms with Crippen LogP contribution in [0.15, 0.2) is 41.3 Å². The van der Waals surface area contributed by atoms with Gasteiger partial charge < -0.3 is 19.5 Å². The minimum atomic E-state index is -5.30. The second kappa shape index (κ2) is 8.93. The topological polar surface area (TPSA) is 110 Å². The highest BCUT2D eigenvalue weighted by molar-refractivity contribution is 7.92. The monoisotopic (exact) mass is 615 g/mol. The lowest BCUT2D eigenvalue weighted by Crippen LogP contribution is -2.48. The highest BCUT2D eigenvalue weighted by Crippen LogP contribution is 2.59. The summed E-state index contributed by atoms with van der Waals surface area (Å²) in [5, 5.41) is 7.54. The number of carboxylic acids is 1. The number of amides is 1. The summed E-state index contributed by atoms with van der Waals surface area (Å²) in [5.74, 6) is -4.33. The quantitative estimate of drug-likeness (QED) is 0.479. The first-order valence-corrected chi connectivity index (χ1v) is 13.3. The van der Waals surface area contributed by atoms with Gasteiger partial charge in [0, 0.05) is 6.54 Å². The number of rotatable bonds is 5. The molecular formula is C24H17F8NO7S. The van der Waals surface area contributed by atoms with Crippen molar-refractivity contribution in [3.8, 4) is 22.6 Å². The number of carboxylic acid groups (broad SMARTS) is 1. The predicted molar refractivity (Wildman–Crippen MR) is 120 cm³/mol. The van der Waals surface area contributed by atoms with Crippen LogP contribution in [-0.2, 0) is 25.6 Å². The average Bonchev–Trinajstić information content (AvgIpc) is 3.45. The fourth-order valence-corrected chi connectivity index (χ4v) is 6.88. The number of alkyl halides is 8. The third-order valence-corrected chi connectivity index (χ3v) is 9.46. The summed E-state index contributed by atoms with van der Waals surface area (Å²) in [6.45, 7) is -1.06. The minimum Gasteiger partial charge on any atom is -0.480 e. The number of hydrogen-bond donors (Lipinski definition) is 1. The number of carbonyl (C=O) groups is 2. The number of carbonyl (C=O) groups excluding carboxylic acids is 1. The van der Waals surface area contributed by atoms with Gasteiger partial charge in [0.25, 0.3) is 0 Å². The number of benzene rings is 2. The third kappa shape index (κ3) is 4.82. The van der Waals surface area contributed by atoms with Crippen LogP contribution in [0.5, 0.6) is 11.5 Å². The standard InChI is InChI=1S/C24H17F8NO7S/c25-22(26,27)14-7-11(12-1-3-16-17(8-12)40-24(31,32)39-16)2-4-18(14)41(37,38)13-9-15(19(34)35)33(10-13)20(36)21(5-6-21)23(28,29)30/h1-4,7-8,13,15H,5-6,9-10H2,(H,34,35)/t13-,15+/m1/s1. The molecule has 0 bridgehead atoms. The van der Waals surface area contributed by atoms with E-state index in [4.69, 9.17) is 0 Å². The van der Waals surface area contributed by atoms with Gasteiger partial charge in [-0.05, 0) is 54.7 Å². The van der Waals surface area contributed by atoms with Crippen molar-refractivity contribution >= 4 is 21.7 Å². The van der Waals surface area contributed by atoms with E-state index in [2.05, 4.69) is 9.47 Å². The summed E-state index contributed by atoms with van der Waals surface area (Å²) in [6.07, 6.45) is -16.5. The number of halogens is 8.